The topological polar surface area (TPSA) is 64.6 Å². The van der Waals surface area contributed by atoms with E-state index >= 15 is 0 Å². The number of hydrogen-bond donors (Lipinski definition) is 1. The van der Waals surface area contributed by atoms with Gasteiger partial charge in [0.15, 0.2) is 0 Å². The molecule has 0 radical (unpaired) electrons. The molecular formula is C20H37NO4. The van der Waals surface area contributed by atoms with Gasteiger partial charge in [-0.05, 0) is 27.2 Å². The lowest BCUT2D eigenvalue weighted by atomic mass is 9.94. The standard InChI is InChI=1S/C20H37NO4/c1-5-6-7-8-9-10-11-12-13-14-17(22)24-15-20(4)16-25-18(23)19(2,3)21-20/h21H,5-16H2,1-4H3. The first-order valence-corrected chi connectivity index (χ1v) is 9.91. The molecule has 0 aromatic carbocycles. The first-order valence-electron chi connectivity index (χ1n) is 9.91. The van der Waals surface area contributed by atoms with Crippen LogP contribution in [0.3, 0.4) is 0 Å². The number of esters is 2. The Morgan fingerprint density at radius 3 is 2.16 bits per heavy atom. The molecule has 1 saturated heterocycles. The van der Waals surface area contributed by atoms with E-state index in [1.165, 1.54) is 44.9 Å². The van der Waals surface area contributed by atoms with Gasteiger partial charge < -0.3 is 9.47 Å². The van der Waals surface area contributed by atoms with E-state index in [0.717, 1.165) is 12.8 Å². The van der Waals surface area contributed by atoms with Crippen molar-refractivity contribution in [2.24, 2.45) is 0 Å². The molecule has 1 heterocycles. The first kappa shape index (κ1) is 21.9. The van der Waals surface area contributed by atoms with Gasteiger partial charge in [0.05, 0.1) is 5.54 Å². The molecule has 1 aliphatic heterocycles. The summed E-state index contributed by atoms with van der Waals surface area (Å²) in [4.78, 5) is 23.6. The van der Waals surface area contributed by atoms with Gasteiger partial charge in [0.25, 0.3) is 0 Å². The van der Waals surface area contributed by atoms with Crippen molar-refractivity contribution >= 4 is 11.9 Å². The Balaban J connectivity index is 2.08. The average molecular weight is 356 g/mol. The van der Waals surface area contributed by atoms with Crippen molar-refractivity contribution in [3.05, 3.63) is 0 Å². The molecule has 5 nitrogen and oxygen atoms in total. The molecule has 1 aliphatic rings. The van der Waals surface area contributed by atoms with Crippen molar-refractivity contribution in [2.75, 3.05) is 13.2 Å². The molecule has 25 heavy (non-hydrogen) atoms. The summed E-state index contributed by atoms with van der Waals surface area (Å²) in [6.07, 6.45) is 11.5. The second kappa shape index (κ2) is 10.8. The van der Waals surface area contributed by atoms with Crippen LogP contribution in [-0.4, -0.2) is 36.2 Å². The van der Waals surface area contributed by atoms with Crippen molar-refractivity contribution in [1.82, 2.24) is 5.32 Å². The number of rotatable bonds is 12. The van der Waals surface area contributed by atoms with E-state index in [1.54, 1.807) is 13.8 Å². The predicted molar refractivity (Wildman–Crippen MR) is 99.4 cm³/mol. The fourth-order valence-electron chi connectivity index (χ4n) is 3.22. The SMILES string of the molecule is CCCCCCCCCCCC(=O)OCC1(C)COC(=O)C(C)(C)N1. The second-order valence-electron chi connectivity index (χ2n) is 8.13. The van der Waals surface area contributed by atoms with Crippen LogP contribution in [0.25, 0.3) is 0 Å². The van der Waals surface area contributed by atoms with Crippen molar-refractivity contribution < 1.29 is 19.1 Å². The van der Waals surface area contributed by atoms with Gasteiger partial charge in [-0.3, -0.25) is 14.9 Å². The molecule has 146 valence electrons. The van der Waals surface area contributed by atoms with E-state index in [1.807, 2.05) is 6.92 Å². The lowest BCUT2D eigenvalue weighted by molar-refractivity contribution is -0.165. The molecule has 0 spiro atoms. The third-order valence-electron chi connectivity index (χ3n) is 4.68. The molecule has 0 bridgehead atoms. The summed E-state index contributed by atoms with van der Waals surface area (Å²) in [6, 6.07) is 0. The second-order valence-corrected chi connectivity index (χ2v) is 8.13. The number of carbonyl (C=O) groups excluding carboxylic acids is 2. The fraction of sp³-hybridized carbons (Fsp3) is 0.900. The van der Waals surface area contributed by atoms with E-state index < -0.39 is 11.1 Å². The minimum atomic E-state index is -0.753. The molecule has 0 amide bonds. The number of cyclic esters (lactones) is 1. The van der Waals surface area contributed by atoms with Gasteiger partial charge in [0.2, 0.25) is 0 Å². The minimum Gasteiger partial charge on any atom is -0.464 e. The van der Waals surface area contributed by atoms with Gasteiger partial charge in [0.1, 0.15) is 18.8 Å². The van der Waals surface area contributed by atoms with Crippen LogP contribution in [0.2, 0.25) is 0 Å². The number of nitrogens with one attached hydrogen (secondary N) is 1. The Kier molecular flexibility index (Phi) is 9.47. The van der Waals surface area contributed by atoms with E-state index in [2.05, 4.69) is 12.2 Å². The Morgan fingerprint density at radius 1 is 1.04 bits per heavy atom. The molecule has 1 fully saturated rings. The number of carbonyl (C=O) groups is 2. The van der Waals surface area contributed by atoms with Gasteiger partial charge in [-0.25, -0.2) is 0 Å². The van der Waals surface area contributed by atoms with Gasteiger partial charge >= 0.3 is 11.9 Å². The highest BCUT2D eigenvalue weighted by Crippen LogP contribution is 2.21. The molecule has 1 unspecified atom stereocenters. The van der Waals surface area contributed by atoms with Crippen LogP contribution >= 0.6 is 0 Å². The third kappa shape index (κ3) is 8.70. The molecule has 1 atom stereocenters. The van der Waals surface area contributed by atoms with Crippen LogP contribution in [0, 0.1) is 0 Å². The smallest absolute Gasteiger partial charge is 0.325 e. The average Bonchev–Trinajstić information content (AvgIpc) is 2.55. The largest absolute Gasteiger partial charge is 0.464 e. The van der Waals surface area contributed by atoms with Crippen LogP contribution < -0.4 is 5.32 Å². The number of morpholine rings is 1. The van der Waals surface area contributed by atoms with Crippen LogP contribution in [0.4, 0.5) is 0 Å². The van der Waals surface area contributed by atoms with Gasteiger partial charge in [-0.1, -0.05) is 58.3 Å². The highest BCUT2D eigenvalue weighted by Gasteiger charge is 2.43. The molecule has 5 heteroatoms. The quantitative estimate of drug-likeness (QED) is 0.421. The Morgan fingerprint density at radius 2 is 1.60 bits per heavy atom. The zero-order valence-corrected chi connectivity index (χ0v) is 16.6. The van der Waals surface area contributed by atoms with Crippen LogP contribution in [0.15, 0.2) is 0 Å². The fourth-order valence-corrected chi connectivity index (χ4v) is 3.22. The van der Waals surface area contributed by atoms with Gasteiger partial charge in [-0.15, -0.1) is 0 Å². The summed E-state index contributed by atoms with van der Waals surface area (Å²) < 4.78 is 10.6. The molecule has 0 saturated carbocycles. The predicted octanol–water partition coefficient (Wildman–Crippen LogP) is 4.13. The maximum atomic E-state index is 11.9. The summed E-state index contributed by atoms with van der Waals surface area (Å²) in [5.41, 5.74) is -1.28. The summed E-state index contributed by atoms with van der Waals surface area (Å²) in [7, 11) is 0. The number of unbranched alkanes of at least 4 members (excludes halogenated alkanes) is 8. The molecule has 1 N–H and O–H groups in total. The van der Waals surface area contributed by atoms with Crippen molar-refractivity contribution in [1.29, 1.82) is 0 Å². The Bertz CT molecular complexity index is 422. The van der Waals surface area contributed by atoms with Gasteiger partial charge in [0, 0.05) is 6.42 Å². The summed E-state index contributed by atoms with van der Waals surface area (Å²) >= 11 is 0. The molecule has 0 aliphatic carbocycles. The van der Waals surface area contributed by atoms with Crippen molar-refractivity contribution in [2.45, 2.75) is 103 Å². The maximum absolute atomic E-state index is 11.9. The van der Waals surface area contributed by atoms with Crippen LogP contribution in [0.1, 0.15) is 91.9 Å². The molecular weight excluding hydrogens is 318 g/mol. The zero-order chi connectivity index (χ0) is 18.8. The van der Waals surface area contributed by atoms with E-state index in [-0.39, 0.29) is 25.2 Å². The van der Waals surface area contributed by atoms with Crippen LogP contribution in [-0.2, 0) is 19.1 Å². The molecule has 0 aromatic heterocycles. The molecule has 0 aromatic rings. The van der Waals surface area contributed by atoms with E-state index in [4.69, 9.17) is 9.47 Å². The summed E-state index contributed by atoms with van der Waals surface area (Å²) in [5, 5.41) is 3.23. The summed E-state index contributed by atoms with van der Waals surface area (Å²) in [6.45, 7) is 8.14. The van der Waals surface area contributed by atoms with Crippen molar-refractivity contribution in [3.63, 3.8) is 0 Å². The van der Waals surface area contributed by atoms with E-state index in [9.17, 15) is 9.59 Å². The van der Waals surface area contributed by atoms with Gasteiger partial charge in [-0.2, -0.15) is 0 Å². The highest BCUT2D eigenvalue weighted by molar-refractivity contribution is 5.80. The third-order valence-corrected chi connectivity index (χ3v) is 4.68. The monoisotopic (exact) mass is 355 g/mol. The number of hydrogen-bond acceptors (Lipinski definition) is 5. The highest BCUT2D eigenvalue weighted by atomic mass is 16.6. The first-order chi connectivity index (χ1) is 11.8. The minimum absolute atomic E-state index is 0.166. The lowest BCUT2D eigenvalue weighted by Crippen LogP contribution is -2.66. The maximum Gasteiger partial charge on any atom is 0.325 e. The molecule has 1 rings (SSSR count). The normalized spacial score (nSPS) is 22.5. The summed E-state index contributed by atoms with van der Waals surface area (Å²) in [5.74, 6) is -0.438. The zero-order valence-electron chi connectivity index (χ0n) is 16.6. The van der Waals surface area contributed by atoms with Crippen molar-refractivity contribution in [3.8, 4) is 0 Å². The Labute approximate surface area is 153 Å². The van der Waals surface area contributed by atoms with E-state index in [0.29, 0.717) is 6.42 Å². The Hall–Kier alpha value is -1.10. The van der Waals surface area contributed by atoms with Crippen LogP contribution in [0.5, 0.6) is 0 Å². The lowest BCUT2D eigenvalue weighted by Gasteiger charge is -2.42. The number of ether oxygens (including phenoxy) is 2.